The highest BCUT2D eigenvalue weighted by Crippen LogP contribution is 2.33. The van der Waals surface area contributed by atoms with Crippen LogP contribution in [0.4, 0.5) is 4.79 Å². The summed E-state index contributed by atoms with van der Waals surface area (Å²) in [5.41, 5.74) is 1.11. The first-order valence-electron chi connectivity index (χ1n) is 9.10. The molecule has 1 fully saturated rings. The van der Waals surface area contributed by atoms with Gasteiger partial charge in [-0.05, 0) is 29.7 Å². The van der Waals surface area contributed by atoms with Gasteiger partial charge in [0.2, 0.25) is 5.91 Å². The highest BCUT2D eigenvalue weighted by molar-refractivity contribution is 5.86. The molecule has 5 heteroatoms. The van der Waals surface area contributed by atoms with Gasteiger partial charge in [-0.25, -0.2) is 4.79 Å². The molecule has 0 saturated carbocycles. The SMILES string of the molecule is CC[C@]1(C)CCN(C(=O)[C@@H](NC(=O)OCc2ccccc2)C(C)C)C1. The highest BCUT2D eigenvalue weighted by Gasteiger charge is 2.38. The maximum atomic E-state index is 12.9. The second-order valence-corrected chi connectivity index (χ2v) is 7.60. The van der Waals surface area contributed by atoms with Crippen molar-refractivity contribution < 1.29 is 14.3 Å². The van der Waals surface area contributed by atoms with Gasteiger partial charge in [0, 0.05) is 13.1 Å². The van der Waals surface area contributed by atoms with E-state index in [2.05, 4.69) is 19.2 Å². The van der Waals surface area contributed by atoms with Crippen LogP contribution in [0.5, 0.6) is 0 Å². The van der Waals surface area contributed by atoms with Crippen molar-refractivity contribution in [2.75, 3.05) is 13.1 Å². The number of hydrogen-bond donors (Lipinski definition) is 1. The van der Waals surface area contributed by atoms with Crippen molar-refractivity contribution >= 4 is 12.0 Å². The Bertz CT molecular complexity index is 588. The summed E-state index contributed by atoms with van der Waals surface area (Å²) in [6, 6.07) is 8.95. The smallest absolute Gasteiger partial charge is 0.408 e. The molecule has 1 aliphatic rings. The number of likely N-dealkylation sites (tertiary alicyclic amines) is 1. The Hall–Kier alpha value is -2.04. The zero-order valence-corrected chi connectivity index (χ0v) is 15.7. The zero-order chi connectivity index (χ0) is 18.4. The van der Waals surface area contributed by atoms with Crippen LogP contribution >= 0.6 is 0 Å². The van der Waals surface area contributed by atoms with Crippen LogP contribution in [0.3, 0.4) is 0 Å². The highest BCUT2D eigenvalue weighted by atomic mass is 16.5. The molecular weight excluding hydrogens is 316 g/mol. The van der Waals surface area contributed by atoms with Crippen LogP contribution in [0.2, 0.25) is 0 Å². The molecule has 2 rings (SSSR count). The largest absolute Gasteiger partial charge is 0.445 e. The van der Waals surface area contributed by atoms with Crippen LogP contribution in [0.25, 0.3) is 0 Å². The minimum Gasteiger partial charge on any atom is -0.445 e. The van der Waals surface area contributed by atoms with Gasteiger partial charge in [-0.1, -0.05) is 58.0 Å². The first-order valence-corrected chi connectivity index (χ1v) is 9.10. The molecule has 2 atom stereocenters. The molecule has 0 aromatic heterocycles. The van der Waals surface area contributed by atoms with Gasteiger partial charge < -0.3 is 15.0 Å². The number of hydrogen-bond acceptors (Lipinski definition) is 3. The minimum absolute atomic E-state index is 0.00487. The lowest BCUT2D eigenvalue weighted by atomic mass is 9.87. The molecule has 1 aliphatic heterocycles. The summed E-state index contributed by atoms with van der Waals surface area (Å²) in [6.45, 7) is 9.96. The fourth-order valence-electron chi connectivity index (χ4n) is 3.10. The molecule has 0 radical (unpaired) electrons. The van der Waals surface area contributed by atoms with Gasteiger partial charge in [0.05, 0.1) is 0 Å². The van der Waals surface area contributed by atoms with Gasteiger partial charge >= 0.3 is 6.09 Å². The Morgan fingerprint density at radius 3 is 2.52 bits per heavy atom. The molecule has 0 bridgehead atoms. The Labute approximate surface area is 150 Å². The fourth-order valence-corrected chi connectivity index (χ4v) is 3.10. The average molecular weight is 346 g/mol. The summed E-state index contributed by atoms with van der Waals surface area (Å²) < 4.78 is 5.26. The Morgan fingerprint density at radius 1 is 1.28 bits per heavy atom. The quantitative estimate of drug-likeness (QED) is 0.856. The standard InChI is InChI=1S/C20H30N2O3/c1-5-20(4)11-12-22(14-20)18(23)17(15(2)3)21-19(24)25-13-16-9-7-6-8-10-16/h6-10,15,17H,5,11-14H2,1-4H3,(H,21,24)/t17-,20+/m0/s1. The lowest BCUT2D eigenvalue weighted by Gasteiger charge is -2.28. The maximum Gasteiger partial charge on any atom is 0.408 e. The number of benzene rings is 1. The van der Waals surface area contributed by atoms with Gasteiger partial charge in [0.1, 0.15) is 12.6 Å². The second-order valence-electron chi connectivity index (χ2n) is 7.60. The molecule has 5 nitrogen and oxygen atoms in total. The van der Waals surface area contributed by atoms with Gasteiger partial charge in [-0.3, -0.25) is 4.79 Å². The van der Waals surface area contributed by atoms with Crippen molar-refractivity contribution in [3.8, 4) is 0 Å². The third kappa shape index (κ3) is 5.21. The molecule has 1 aromatic rings. The number of carbonyl (C=O) groups excluding carboxylic acids is 2. The van der Waals surface area contributed by atoms with Crippen LogP contribution in [-0.2, 0) is 16.1 Å². The topological polar surface area (TPSA) is 58.6 Å². The van der Waals surface area contributed by atoms with E-state index in [4.69, 9.17) is 4.74 Å². The first kappa shape index (κ1) is 19.3. The molecule has 138 valence electrons. The minimum atomic E-state index is -0.553. The van der Waals surface area contributed by atoms with E-state index in [9.17, 15) is 9.59 Å². The number of nitrogens with one attached hydrogen (secondary N) is 1. The van der Waals surface area contributed by atoms with E-state index in [0.717, 1.165) is 31.5 Å². The maximum absolute atomic E-state index is 12.9. The molecule has 0 unspecified atom stereocenters. The van der Waals surface area contributed by atoms with Crippen molar-refractivity contribution in [3.05, 3.63) is 35.9 Å². The molecule has 2 amide bonds. The summed E-state index contributed by atoms with van der Waals surface area (Å²) in [4.78, 5) is 26.9. The lowest BCUT2D eigenvalue weighted by Crippen LogP contribution is -2.51. The van der Waals surface area contributed by atoms with Crippen molar-refractivity contribution in [3.63, 3.8) is 0 Å². The van der Waals surface area contributed by atoms with E-state index < -0.39 is 12.1 Å². The Kier molecular flexibility index (Phi) is 6.45. The van der Waals surface area contributed by atoms with Crippen molar-refractivity contribution in [2.45, 2.75) is 53.2 Å². The van der Waals surface area contributed by atoms with Crippen molar-refractivity contribution in [1.29, 1.82) is 0 Å². The van der Waals surface area contributed by atoms with Crippen molar-refractivity contribution in [1.82, 2.24) is 10.2 Å². The van der Waals surface area contributed by atoms with E-state index in [1.54, 1.807) is 0 Å². The number of ether oxygens (including phenoxy) is 1. The molecule has 0 aliphatic carbocycles. The number of alkyl carbamates (subject to hydrolysis) is 1. The van der Waals surface area contributed by atoms with Gasteiger partial charge in [0.25, 0.3) is 0 Å². The number of carbonyl (C=O) groups is 2. The Balaban J connectivity index is 1.91. The van der Waals surface area contributed by atoms with Gasteiger partial charge in [-0.15, -0.1) is 0 Å². The molecule has 25 heavy (non-hydrogen) atoms. The predicted molar refractivity (Wildman–Crippen MR) is 98.0 cm³/mol. The van der Waals surface area contributed by atoms with E-state index in [0.29, 0.717) is 0 Å². The second kappa shape index (κ2) is 8.37. The average Bonchev–Trinajstić information content (AvgIpc) is 3.01. The third-order valence-electron chi connectivity index (χ3n) is 5.14. The van der Waals surface area contributed by atoms with E-state index in [1.807, 2.05) is 49.1 Å². The predicted octanol–water partition coefficient (Wildman–Crippen LogP) is 3.59. The van der Waals surface area contributed by atoms with E-state index in [1.165, 1.54) is 0 Å². The molecule has 1 aromatic carbocycles. The molecule has 1 N–H and O–H groups in total. The van der Waals surface area contributed by atoms with E-state index in [-0.39, 0.29) is 23.8 Å². The molecule has 0 spiro atoms. The zero-order valence-electron chi connectivity index (χ0n) is 15.7. The molecular formula is C20H30N2O3. The normalized spacial score (nSPS) is 21.2. The lowest BCUT2D eigenvalue weighted by molar-refractivity contribution is -0.133. The summed E-state index contributed by atoms with van der Waals surface area (Å²) in [5, 5.41) is 2.76. The molecule has 1 heterocycles. The number of amides is 2. The van der Waals surface area contributed by atoms with Crippen LogP contribution in [0.1, 0.15) is 46.1 Å². The summed E-state index contributed by atoms with van der Waals surface area (Å²) in [5.74, 6) is -0.00547. The summed E-state index contributed by atoms with van der Waals surface area (Å²) in [7, 11) is 0. The molecule has 1 saturated heterocycles. The van der Waals surface area contributed by atoms with E-state index >= 15 is 0 Å². The Morgan fingerprint density at radius 2 is 1.96 bits per heavy atom. The number of rotatable bonds is 6. The third-order valence-corrected chi connectivity index (χ3v) is 5.14. The van der Waals surface area contributed by atoms with Crippen LogP contribution in [-0.4, -0.2) is 36.0 Å². The van der Waals surface area contributed by atoms with Gasteiger partial charge in [-0.2, -0.15) is 0 Å². The number of nitrogens with zero attached hydrogens (tertiary/aromatic N) is 1. The first-order chi connectivity index (χ1) is 11.8. The van der Waals surface area contributed by atoms with Crippen LogP contribution in [0.15, 0.2) is 30.3 Å². The monoisotopic (exact) mass is 346 g/mol. The van der Waals surface area contributed by atoms with Crippen LogP contribution < -0.4 is 5.32 Å². The van der Waals surface area contributed by atoms with Crippen LogP contribution in [0, 0.1) is 11.3 Å². The van der Waals surface area contributed by atoms with Crippen molar-refractivity contribution in [2.24, 2.45) is 11.3 Å². The van der Waals surface area contributed by atoms with Gasteiger partial charge in [0.15, 0.2) is 0 Å². The fraction of sp³-hybridized carbons (Fsp3) is 0.600. The summed E-state index contributed by atoms with van der Waals surface area (Å²) in [6.07, 6.45) is 1.52. The summed E-state index contributed by atoms with van der Waals surface area (Å²) >= 11 is 0.